The number of ether oxygens (including phenoxy) is 1. The summed E-state index contributed by atoms with van der Waals surface area (Å²) < 4.78 is 10.2. The maximum absolute atomic E-state index is 12.7. The van der Waals surface area contributed by atoms with Crippen molar-refractivity contribution in [2.45, 2.75) is 70.6 Å². The van der Waals surface area contributed by atoms with Crippen molar-refractivity contribution in [3.8, 4) is 11.5 Å². The Morgan fingerprint density at radius 1 is 1.26 bits per heavy atom. The predicted molar refractivity (Wildman–Crippen MR) is 149 cm³/mol. The van der Waals surface area contributed by atoms with Crippen molar-refractivity contribution < 1.29 is 24.2 Å². The molecule has 3 aliphatic rings. The highest BCUT2D eigenvalue weighted by Crippen LogP contribution is 2.44. The fraction of sp³-hybridized carbons (Fsp3) is 0.516. The van der Waals surface area contributed by atoms with E-state index in [0.29, 0.717) is 5.75 Å². The van der Waals surface area contributed by atoms with Crippen molar-refractivity contribution in [3.63, 3.8) is 0 Å². The molecule has 4 atom stereocenters. The van der Waals surface area contributed by atoms with Crippen LogP contribution < -0.4 is 4.74 Å². The van der Waals surface area contributed by atoms with E-state index in [-0.39, 0.29) is 29.7 Å². The molecule has 206 valence electrons. The summed E-state index contributed by atoms with van der Waals surface area (Å²) in [5, 5.41) is 20.5. The quantitative estimate of drug-likeness (QED) is 0.501. The number of amides is 1. The number of nitrogens with zero attached hydrogens (tertiary/aromatic N) is 2. The smallest absolute Gasteiger partial charge is 0.246 e. The lowest BCUT2D eigenvalue weighted by molar-refractivity contribution is -0.133. The van der Waals surface area contributed by atoms with Crippen LogP contribution in [0, 0.1) is 25.7 Å². The molecular formula is C31H42N2O5. The topological polar surface area (TPSA) is 86.4 Å². The number of furan rings is 1. The second kappa shape index (κ2) is 11.7. The van der Waals surface area contributed by atoms with E-state index in [4.69, 9.17) is 14.3 Å². The first-order valence-electron chi connectivity index (χ1n) is 13.6. The number of carbonyl (C=O) groups is 1. The van der Waals surface area contributed by atoms with E-state index in [1.54, 1.807) is 24.5 Å². The summed E-state index contributed by atoms with van der Waals surface area (Å²) in [4.78, 5) is 16.8. The molecule has 2 heterocycles. The van der Waals surface area contributed by atoms with Gasteiger partial charge in [0, 0.05) is 37.2 Å². The Morgan fingerprint density at radius 3 is 2.66 bits per heavy atom. The summed E-state index contributed by atoms with van der Waals surface area (Å²) in [6.07, 6.45) is 14.5. The Morgan fingerprint density at radius 2 is 2.03 bits per heavy atom. The van der Waals surface area contributed by atoms with E-state index in [1.807, 2.05) is 44.0 Å². The second-order valence-electron chi connectivity index (χ2n) is 11.1. The minimum absolute atomic E-state index is 0.000706. The number of likely N-dealkylation sites (N-methyl/N-ethyl adjacent to an activating group) is 1. The van der Waals surface area contributed by atoms with Crippen LogP contribution in [0.4, 0.5) is 0 Å². The highest BCUT2D eigenvalue weighted by molar-refractivity contribution is 5.91. The molecule has 0 bridgehead atoms. The van der Waals surface area contributed by atoms with E-state index in [1.165, 1.54) is 20.0 Å². The standard InChI is InChI=1S/C23H32N2O3.C8H10O2/c1-16-19(10-13-28-16)6-7-22(26)24(3)21-8-11-23(27)17(2)25(15-18-4-5-18)12-9-20(23)14-21;1-6-3-4-7(9)8(5-6)10-2/h6-7,9-10,12-13,17-18,20-21,27H,4-5,8,11,14-15H2,1-3H3;3-5,9H,1-2H3/b7-6+;/t17-,20?,21?,23?;/m1./s1. The number of rotatable bonds is 6. The summed E-state index contributed by atoms with van der Waals surface area (Å²) in [5.74, 6) is 2.43. The molecule has 0 spiro atoms. The summed E-state index contributed by atoms with van der Waals surface area (Å²) >= 11 is 0. The molecule has 2 aromatic rings. The Balaban J connectivity index is 0.000000283. The zero-order chi connectivity index (χ0) is 27.4. The van der Waals surface area contributed by atoms with Gasteiger partial charge < -0.3 is 29.2 Å². The number of hydrogen-bond donors (Lipinski definition) is 2. The SMILES string of the molecule is COc1cc(C)ccc1O.Cc1occc1/C=C/C(=O)N(C)C1CCC2(O)C(C=CN(CC3CC3)[C@@H]2C)C1. The van der Waals surface area contributed by atoms with Gasteiger partial charge >= 0.3 is 0 Å². The number of methoxy groups -OCH3 is 1. The van der Waals surface area contributed by atoms with Crippen LogP contribution in [0.5, 0.6) is 11.5 Å². The van der Waals surface area contributed by atoms with E-state index >= 15 is 0 Å². The molecule has 1 aliphatic heterocycles. The Kier molecular flexibility index (Phi) is 8.56. The van der Waals surface area contributed by atoms with Crippen molar-refractivity contribution >= 4 is 12.0 Å². The van der Waals surface area contributed by atoms with Crippen LogP contribution in [0.1, 0.15) is 55.9 Å². The van der Waals surface area contributed by atoms with Gasteiger partial charge in [-0.15, -0.1) is 0 Å². The number of aromatic hydroxyl groups is 1. The van der Waals surface area contributed by atoms with E-state index in [0.717, 1.165) is 48.6 Å². The first-order chi connectivity index (χ1) is 18.1. The molecule has 1 aromatic heterocycles. The van der Waals surface area contributed by atoms with E-state index < -0.39 is 5.60 Å². The lowest BCUT2D eigenvalue weighted by atomic mass is 9.68. The third-order valence-electron chi connectivity index (χ3n) is 8.48. The molecular weight excluding hydrogens is 480 g/mol. The van der Waals surface area contributed by atoms with Gasteiger partial charge in [0.15, 0.2) is 11.5 Å². The molecule has 0 radical (unpaired) electrons. The number of benzene rings is 1. The molecule has 3 unspecified atom stereocenters. The molecule has 2 saturated carbocycles. The highest BCUT2D eigenvalue weighted by atomic mass is 16.5. The van der Waals surface area contributed by atoms with Crippen LogP contribution in [-0.4, -0.2) is 64.3 Å². The van der Waals surface area contributed by atoms with Crippen molar-refractivity contribution in [2.24, 2.45) is 11.8 Å². The maximum atomic E-state index is 12.7. The molecule has 5 rings (SSSR count). The summed E-state index contributed by atoms with van der Waals surface area (Å²) in [6.45, 7) is 7.05. The molecule has 2 N–H and O–H groups in total. The molecule has 7 heteroatoms. The lowest BCUT2D eigenvalue weighted by Crippen LogP contribution is -2.60. The van der Waals surface area contributed by atoms with Gasteiger partial charge in [-0.25, -0.2) is 0 Å². The second-order valence-corrected chi connectivity index (χ2v) is 11.1. The molecule has 1 aromatic carbocycles. The fourth-order valence-electron chi connectivity index (χ4n) is 5.57. The number of aryl methyl sites for hydroxylation is 2. The predicted octanol–water partition coefficient (Wildman–Crippen LogP) is 5.30. The number of phenolic OH excluding ortho intramolecular Hbond substituents is 1. The average molecular weight is 523 g/mol. The van der Waals surface area contributed by atoms with Crippen molar-refractivity contribution in [3.05, 3.63) is 65.8 Å². The van der Waals surface area contributed by atoms with Gasteiger partial charge in [0.2, 0.25) is 5.91 Å². The van der Waals surface area contributed by atoms with Gasteiger partial charge in [-0.05, 0) is 94.8 Å². The molecule has 2 fully saturated rings. The molecule has 2 aliphatic carbocycles. The largest absolute Gasteiger partial charge is 0.504 e. The first-order valence-corrected chi connectivity index (χ1v) is 13.6. The van der Waals surface area contributed by atoms with Gasteiger partial charge in [-0.1, -0.05) is 12.1 Å². The average Bonchev–Trinajstić information content (AvgIpc) is 3.64. The Labute approximate surface area is 226 Å². The summed E-state index contributed by atoms with van der Waals surface area (Å²) in [7, 11) is 3.41. The number of aliphatic hydroxyl groups is 1. The van der Waals surface area contributed by atoms with Gasteiger partial charge in [-0.2, -0.15) is 0 Å². The van der Waals surface area contributed by atoms with Gasteiger partial charge in [-0.3, -0.25) is 4.79 Å². The third kappa shape index (κ3) is 6.26. The minimum atomic E-state index is -0.687. The van der Waals surface area contributed by atoms with Gasteiger partial charge in [0.25, 0.3) is 0 Å². The molecule has 1 amide bonds. The zero-order valence-corrected chi connectivity index (χ0v) is 23.3. The fourth-order valence-corrected chi connectivity index (χ4v) is 5.57. The summed E-state index contributed by atoms with van der Waals surface area (Å²) in [5.41, 5.74) is 1.32. The van der Waals surface area contributed by atoms with Crippen molar-refractivity contribution in [2.75, 3.05) is 20.7 Å². The normalized spacial score (nSPS) is 26.5. The maximum Gasteiger partial charge on any atom is 0.246 e. The molecule has 0 saturated heterocycles. The van der Waals surface area contributed by atoms with Crippen LogP contribution >= 0.6 is 0 Å². The number of fused-ring (bicyclic) bond motifs is 1. The molecule has 38 heavy (non-hydrogen) atoms. The van der Waals surface area contributed by atoms with E-state index in [2.05, 4.69) is 24.1 Å². The van der Waals surface area contributed by atoms with Gasteiger partial charge in [0.05, 0.1) is 25.0 Å². The Hall–Kier alpha value is -3.19. The van der Waals surface area contributed by atoms with Gasteiger partial charge in [0.1, 0.15) is 5.76 Å². The van der Waals surface area contributed by atoms with Crippen molar-refractivity contribution in [1.82, 2.24) is 9.80 Å². The van der Waals surface area contributed by atoms with Crippen LogP contribution in [-0.2, 0) is 4.79 Å². The minimum Gasteiger partial charge on any atom is -0.504 e. The van der Waals surface area contributed by atoms with Crippen LogP contribution in [0.3, 0.4) is 0 Å². The zero-order valence-electron chi connectivity index (χ0n) is 23.3. The molecule has 7 nitrogen and oxygen atoms in total. The number of hydrogen-bond acceptors (Lipinski definition) is 6. The summed E-state index contributed by atoms with van der Waals surface area (Å²) in [6, 6.07) is 7.39. The first kappa shape index (κ1) is 27.8. The lowest BCUT2D eigenvalue weighted by Gasteiger charge is -2.52. The van der Waals surface area contributed by atoms with E-state index in [9.17, 15) is 9.90 Å². The van der Waals surface area contributed by atoms with Crippen LogP contribution in [0.2, 0.25) is 0 Å². The number of phenols is 1. The Bertz CT molecular complexity index is 1170. The highest BCUT2D eigenvalue weighted by Gasteiger charge is 2.49. The van der Waals surface area contributed by atoms with Crippen LogP contribution in [0.25, 0.3) is 6.08 Å². The monoisotopic (exact) mass is 522 g/mol. The third-order valence-corrected chi connectivity index (χ3v) is 8.48. The number of carbonyl (C=O) groups excluding carboxylic acids is 1. The van der Waals surface area contributed by atoms with Crippen molar-refractivity contribution in [1.29, 1.82) is 0 Å². The van der Waals surface area contributed by atoms with Crippen LogP contribution in [0.15, 0.2) is 53.3 Å².